The second-order valence-electron chi connectivity index (χ2n) is 4.77. The number of fused-ring (bicyclic) bond motifs is 1. The third-order valence-corrected chi connectivity index (χ3v) is 3.26. The van der Waals surface area contributed by atoms with Gasteiger partial charge in [0.05, 0.1) is 0 Å². The highest BCUT2D eigenvalue weighted by Gasteiger charge is 2.15. The summed E-state index contributed by atoms with van der Waals surface area (Å²) in [5.74, 6) is 0.672. The average molecular weight is 256 g/mol. The molecule has 0 radical (unpaired) electrons. The van der Waals surface area contributed by atoms with Crippen LogP contribution < -0.4 is 16.3 Å². The molecular weight excluding hydrogens is 240 g/mol. The minimum absolute atomic E-state index is 0.308. The molecule has 2 heterocycles. The SMILES string of the molecule is Cc1cccc(Nc2nc(=O)[nH]c3c2CCNC3)c1. The maximum Gasteiger partial charge on any atom is 0.347 e. The minimum Gasteiger partial charge on any atom is -0.340 e. The van der Waals surface area contributed by atoms with E-state index in [0.29, 0.717) is 12.4 Å². The molecule has 98 valence electrons. The average Bonchev–Trinajstić information content (AvgIpc) is 2.38. The summed E-state index contributed by atoms with van der Waals surface area (Å²) >= 11 is 0. The molecule has 1 aromatic heterocycles. The fraction of sp³-hybridized carbons (Fsp3) is 0.286. The quantitative estimate of drug-likeness (QED) is 0.761. The van der Waals surface area contributed by atoms with Crippen LogP contribution in [0.2, 0.25) is 0 Å². The van der Waals surface area contributed by atoms with Gasteiger partial charge in [0.15, 0.2) is 0 Å². The van der Waals surface area contributed by atoms with E-state index >= 15 is 0 Å². The van der Waals surface area contributed by atoms with Gasteiger partial charge in [0, 0.05) is 23.5 Å². The van der Waals surface area contributed by atoms with Crippen LogP contribution in [0.5, 0.6) is 0 Å². The Morgan fingerprint density at radius 1 is 1.37 bits per heavy atom. The van der Waals surface area contributed by atoms with E-state index in [1.165, 1.54) is 5.56 Å². The molecule has 3 N–H and O–H groups in total. The van der Waals surface area contributed by atoms with Gasteiger partial charge < -0.3 is 15.6 Å². The molecule has 0 amide bonds. The van der Waals surface area contributed by atoms with Crippen LogP contribution in [0.1, 0.15) is 16.8 Å². The number of anilines is 2. The van der Waals surface area contributed by atoms with Gasteiger partial charge in [-0.1, -0.05) is 12.1 Å². The number of aromatic nitrogens is 2. The van der Waals surface area contributed by atoms with Crippen molar-refractivity contribution in [2.75, 3.05) is 11.9 Å². The van der Waals surface area contributed by atoms with Gasteiger partial charge >= 0.3 is 5.69 Å². The van der Waals surface area contributed by atoms with Gasteiger partial charge in [-0.15, -0.1) is 0 Å². The van der Waals surface area contributed by atoms with Gasteiger partial charge in [0.25, 0.3) is 0 Å². The second-order valence-corrected chi connectivity index (χ2v) is 4.77. The summed E-state index contributed by atoms with van der Waals surface area (Å²) in [6, 6.07) is 8.04. The highest BCUT2D eigenvalue weighted by Crippen LogP contribution is 2.22. The van der Waals surface area contributed by atoms with Gasteiger partial charge in [-0.2, -0.15) is 4.98 Å². The van der Waals surface area contributed by atoms with Crippen LogP contribution in [0.3, 0.4) is 0 Å². The van der Waals surface area contributed by atoms with Crippen LogP contribution in [0.15, 0.2) is 29.1 Å². The van der Waals surface area contributed by atoms with E-state index in [0.717, 1.165) is 29.9 Å². The van der Waals surface area contributed by atoms with E-state index in [4.69, 9.17) is 0 Å². The van der Waals surface area contributed by atoms with Crippen molar-refractivity contribution in [3.63, 3.8) is 0 Å². The van der Waals surface area contributed by atoms with Crippen molar-refractivity contribution >= 4 is 11.5 Å². The van der Waals surface area contributed by atoms with Crippen molar-refractivity contribution in [3.05, 3.63) is 51.6 Å². The number of nitrogens with zero attached hydrogens (tertiary/aromatic N) is 1. The molecular formula is C14H16N4O. The van der Waals surface area contributed by atoms with Crippen molar-refractivity contribution < 1.29 is 0 Å². The Labute approximate surface area is 111 Å². The number of aromatic amines is 1. The molecule has 0 atom stereocenters. The Balaban J connectivity index is 2.00. The first-order valence-corrected chi connectivity index (χ1v) is 6.39. The first-order chi connectivity index (χ1) is 9.22. The van der Waals surface area contributed by atoms with Gasteiger partial charge in [0.2, 0.25) is 0 Å². The third-order valence-electron chi connectivity index (χ3n) is 3.26. The van der Waals surface area contributed by atoms with Crippen LogP contribution >= 0.6 is 0 Å². The van der Waals surface area contributed by atoms with Crippen LogP contribution in [0.4, 0.5) is 11.5 Å². The van der Waals surface area contributed by atoms with Crippen molar-refractivity contribution in [2.45, 2.75) is 19.9 Å². The zero-order chi connectivity index (χ0) is 13.2. The Bertz CT molecular complexity index is 663. The molecule has 1 aliphatic rings. The predicted octanol–water partition coefficient (Wildman–Crippen LogP) is 1.47. The molecule has 0 saturated heterocycles. The molecule has 0 bridgehead atoms. The van der Waals surface area contributed by atoms with Crippen LogP contribution in [0, 0.1) is 6.92 Å². The van der Waals surface area contributed by atoms with E-state index in [9.17, 15) is 4.79 Å². The van der Waals surface area contributed by atoms with Crippen molar-refractivity contribution in [1.82, 2.24) is 15.3 Å². The summed E-state index contributed by atoms with van der Waals surface area (Å²) in [5, 5.41) is 6.50. The maximum atomic E-state index is 11.6. The van der Waals surface area contributed by atoms with E-state index in [-0.39, 0.29) is 5.69 Å². The molecule has 0 saturated carbocycles. The summed E-state index contributed by atoms with van der Waals surface area (Å²) in [6.45, 7) is 3.63. The second kappa shape index (κ2) is 4.85. The molecule has 3 rings (SSSR count). The zero-order valence-electron chi connectivity index (χ0n) is 10.8. The van der Waals surface area contributed by atoms with Gasteiger partial charge in [0.1, 0.15) is 5.82 Å². The first kappa shape index (κ1) is 11.9. The molecule has 0 unspecified atom stereocenters. The molecule has 1 aromatic carbocycles. The Morgan fingerprint density at radius 3 is 3.11 bits per heavy atom. The lowest BCUT2D eigenvalue weighted by Crippen LogP contribution is -2.29. The molecule has 19 heavy (non-hydrogen) atoms. The van der Waals surface area contributed by atoms with Gasteiger partial charge in [-0.3, -0.25) is 0 Å². The van der Waals surface area contributed by atoms with Gasteiger partial charge in [-0.05, 0) is 37.6 Å². The molecule has 0 spiro atoms. The molecule has 5 nitrogen and oxygen atoms in total. The zero-order valence-corrected chi connectivity index (χ0v) is 10.8. The smallest absolute Gasteiger partial charge is 0.340 e. The normalized spacial score (nSPS) is 13.9. The van der Waals surface area contributed by atoms with E-state index in [2.05, 4.69) is 20.6 Å². The van der Waals surface area contributed by atoms with E-state index in [1.807, 2.05) is 31.2 Å². The fourth-order valence-corrected chi connectivity index (χ4v) is 2.35. The largest absolute Gasteiger partial charge is 0.347 e. The number of rotatable bonds is 2. The molecule has 2 aromatic rings. The third kappa shape index (κ3) is 2.51. The number of aryl methyl sites for hydroxylation is 1. The summed E-state index contributed by atoms with van der Waals surface area (Å²) in [7, 11) is 0. The summed E-state index contributed by atoms with van der Waals surface area (Å²) in [5.41, 5.74) is 3.85. The molecule has 0 aliphatic carbocycles. The van der Waals surface area contributed by atoms with Gasteiger partial charge in [-0.25, -0.2) is 4.79 Å². The molecule has 0 fully saturated rings. The summed E-state index contributed by atoms with van der Waals surface area (Å²) < 4.78 is 0. The monoisotopic (exact) mass is 256 g/mol. The lowest BCUT2D eigenvalue weighted by Gasteiger charge is -2.19. The minimum atomic E-state index is -0.308. The van der Waals surface area contributed by atoms with Crippen molar-refractivity contribution in [2.24, 2.45) is 0 Å². The lowest BCUT2D eigenvalue weighted by molar-refractivity contribution is 0.621. The number of hydrogen-bond donors (Lipinski definition) is 3. The van der Waals surface area contributed by atoms with Crippen molar-refractivity contribution in [3.8, 4) is 0 Å². The molecule has 1 aliphatic heterocycles. The highest BCUT2D eigenvalue weighted by molar-refractivity contribution is 5.60. The maximum absolute atomic E-state index is 11.6. The standard InChI is InChI=1S/C14H16N4O/c1-9-3-2-4-10(7-9)16-13-11-5-6-15-8-12(11)17-14(19)18-13/h2-4,7,15H,5-6,8H2,1H3,(H2,16,17,18,19). The first-order valence-electron chi connectivity index (χ1n) is 6.39. The number of H-pyrrole nitrogens is 1. The summed E-state index contributed by atoms with van der Waals surface area (Å²) in [6.07, 6.45) is 0.868. The number of hydrogen-bond acceptors (Lipinski definition) is 4. The van der Waals surface area contributed by atoms with Crippen molar-refractivity contribution in [1.29, 1.82) is 0 Å². The Hall–Kier alpha value is -2.14. The lowest BCUT2D eigenvalue weighted by atomic mass is 10.1. The highest BCUT2D eigenvalue weighted by atomic mass is 16.1. The van der Waals surface area contributed by atoms with Crippen LogP contribution in [0.25, 0.3) is 0 Å². The fourth-order valence-electron chi connectivity index (χ4n) is 2.35. The van der Waals surface area contributed by atoms with E-state index < -0.39 is 0 Å². The van der Waals surface area contributed by atoms with E-state index in [1.54, 1.807) is 0 Å². The van der Waals surface area contributed by atoms with Crippen LogP contribution in [-0.4, -0.2) is 16.5 Å². The predicted molar refractivity (Wildman–Crippen MR) is 74.7 cm³/mol. The Morgan fingerprint density at radius 2 is 2.26 bits per heavy atom. The molecule has 5 heteroatoms. The van der Waals surface area contributed by atoms with Crippen LogP contribution in [-0.2, 0) is 13.0 Å². The summed E-state index contributed by atoms with van der Waals surface area (Å²) in [4.78, 5) is 18.4. The number of benzene rings is 1. The topological polar surface area (TPSA) is 69.8 Å². The Kier molecular flexibility index (Phi) is 3.05. The number of nitrogens with one attached hydrogen (secondary N) is 3.